The first-order chi connectivity index (χ1) is 13.0. The molecule has 0 spiro atoms. The van der Waals surface area contributed by atoms with E-state index in [0.29, 0.717) is 6.04 Å². The molecule has 2 aromatic heterocycles. The SMILES string of the molecule is Cc1cc(N2CCC(C)CC2)n2nc(CN3CCN(C(C)C)CC3)nc2n1. The zero-order valence-corrected chi connectivity index (χ0v) is 17.2. The molecule has 0 saturated carbocycles. The van der Waals surface area contributed by atoms with E-state index in [2.05, 4.69) is 53.4 Å². The summed E-state index contributed by atoms with van der Waals surface area (Å²) < 4.78 is 1.96. The normalized spacial score (nSPS) is 20.9. The quantitative estimate of drug-likeness (QED) is 0.821. The Hall–Kier alpha value is -1.73. The maximum absolute atomic E-state index is 4.84. The molecule has 2 fully saturated rings. The van der Waals surface area contributed by atoms with E-state index in [0.717, 1.165) is 74.8 Å². The molecule has 7 heteroatoms. The summed E-state index contributed by atoms with van der Waals surface area (Å²) in [4.78, 5) is 16.8. The van der Waals surface area contributed by atoms with Gasteiger partial charge in [-0.1, -0.05) is 6.92 Å². The van der Waals surface area contributed by atoms with E-state index in [1.807, 2.05) is 4.52 Å². The molecule has 0 aromatic carbocycles. The molecule has 0 N–H and O–H groups in total. The topological polar surface area (TPSA) is 52.8 Å². The molecule has 0 atom stereocenters. The van der Waals surface area contributed by atoms with Crippen LogP contribution in [0.3, 0.4) is 0 Å². The minimum Gasteiger partial charge on any atom is -0.356 e. The summed E-state index contributed by atoms with van der Waals surface area (Å²) in [5.74, 6) is 3.58. The molecule has 7 nitrogen and oxygen atoms in total. The molecule has 27 heavy (non-hydrogen) atoms. The van der Waals surface area contributed by atoms with E-state index in [1.165, 1.54) is 12.8 Å². The van der Waals surface area contributed by atoms with Gasteiger partial charge in [-0.2, -0.15) is 9.50 Å². The first-order valence-corrected chi connectivity index (χ1v) is 10.4. The van der Waals surface area contributed by atoms with Gasteiger partial charge in [0.1, 0.15) is 5.82 Å². The van der Waals surface area contributed by atoms with Crippen LogP contribution in [0.15, 0.2) is 6.07 Å². The zero-order chi connectivity index (χ0) is 19.0. The van der Waals surface area contributed by atoms with Crippen molar-refractivity contribution in [3.63, 3.8) is 0 Å². The summed E-state index contributed by atoms with van der Waals surface area (Å²) in [7, 11) is 0. The number of anilines is 1. The van der Waals surface area contributed by atoms with Crippen molar-refractivity contribution >= 4 is 11.6 Å². The molecule has 4 rings (SSSR count). The van der Waals surface area contributed by atoms with Crippen molar-refractivity contribution in [2.75, 3.05) is 44.2 Å². The predicted molar refractivity (Wildman–Crippen MR) is 108 cm³/mol. The fourth-order valence-corrected chi connectivity index (χ4v) is 4.18. The number of rotatable bonds is 4. The van der Waals surface area contributed by atoms with Gasteiger partial charge in [-0.05, 0) is 39.5 Å². The standard InChI is InChI=1S/C20H33N7/c1-15(2)25-11-9-24(10-12-25)14-18-22-20-21-17(4)13-19(27(20)23-18)26-7-5-16(3)6-8-26/h13,15-16H,5-12,14H2,1-4H3. The summed E-state index contributed by atoms with van der Waals surface area (Å²) >= 11 is 0. The van der Waals surface area contributed by atoms with E-state index in [9.17, 15) is 0 Å². The minimum absolute atomic E-state index is 0.627. The summed E-state index contributed by atoms with van der Waals surface area (Å²) in [6.07, 6.45) is 2.48. The molecule has 0 amide bonds. The van der Waals surface area contributed by atoms with Crippen LogP contribution >= 0.6 is 0 Å². The molecule has 0 radical (unpaired) electrons. The lowest BCUT2D eigenvalue weighted by molar-refractivity contribution is 0.102. The van der Waals surface area contributed by atoms with E-state index in [1.54, 1.807) is 0 Å². The third-order valence-corrected chi connectivity index (χ3v) is 6.08. The molecule has 2 aromatic rings. The van der Waals surface area contributed by atoms with Crippen LogP contribution in [-0.4, -0.2) is 74.7 Å². The fourth-order valence-electron chi connectivity index (χ4n) is 4.18. The molecular weight excluding hydrogens is 338 g/mol. The van der Waals surface area contributed by atoms with Crippen LogP contribution < -0.4 is 4.90 Å². The van der Waals surface area contributed by atoms with Crippen molar-refractivity contribution in [3.05, 3.63) is 17.6 Å². The van der Waals surface area contributed by atoms with Gasteiger partial charge in [-0.15, -0.1) is 5.10 Å². The highest BCUT2D eigenvalue weighted by Gasteiger charge is 2.22. The molecule has 2 saturated heterocycles. The van der Waals surface area contributed by atoms with Gasteiger partial charge in [-0.25, -0.2) is 4.98 Å². The molecule has 148 valence electrons. The van der Waals surface area contributed by atoms with Gasteiger partial charge in [0.2, 0.25) is 0 Å². The number of hydrogen-bond acceptors (Lipinski definition) is 6. The van der Waals surface area contributed by atoms with Crippen LogP contribution in [0.4, 0.5) is 5.82 Å². The number of aromatic nitrogens is 4. The molecule has 2 aliphatic heterocycles. The highest BCUT2D eigenvalue weighted by atomic mass is 15.4. The number of hydrogen-bond donors (Lipinski definition) is 0. The molecular formula is C20H33N7. The van der Waals surface area contributed by atoms with Crippen LogP contribution in [0, 0.1) is 12.8 Å². The second-order valence-electron chi connectivity index (χ2n) is 8.57. The van der Waals surface area contributed by atoms with Gasteiger partial charge >= 0.3 is 0 Å². The van der Waals surface area contributed by atoms with Crippen molar-refractivity contribution < 1.29 is 0 Å². The van der Waals surface area contributed by atoms with Gasteiger partial charge in [0.15, 0.2) is 5.82 Å². The number of nitrogens with zero attached hydrogens (tertiary/aromatic N) is 7. The third kappa shape index (κ3) is 4.09. The van der Waals surface area contributed by atoms with Crippen LogP contribution in [0.25, 0.3) is 5.78 Å². The van der Waals surface area contributed by atoms with Crippen LogP contribution in [0.5, 0.6) is 0 Å². The maximum atomic E-state index is 4.84. The number of piperidine rings is 1. The smallest absolute Gasteiger partial charge is 0.254 e. The molecule has 4 heterocycles. The molecule has 0 aliphatic carbocycles. The van der Waals surface area contributed by atoms with E-state index >= 15 is 0 Å². The van der Waals surface area contributed by atoms with Crippen molar-refractivity contribution in [2.45, 2.75) is 53.1 Å². The van der Waals surface area contributed by atoms with Gasteiger partial charge in [-0.3, -0.25) is 9.80 Å². The molecule has 2 aliphatic rings. The lowest BCUT2D eigenvalue weighted by Gasteiger charge is -2.36. The summed E-state index contributed by atoms with van der Waals surface area (Å²) in [6.45, 7) is 16.3. The number of fused-ring (bicyclic) bond motifs is 1. The van der Waals surface area contributed by atoms with Gasteiger partial charge in [0.05, 0.1) is 6.54 Å². The van der Waals surface area contributed by atoms with Crippen LogP contribution in [0.2, 0.25) is 0 Å². The summed E-state index contributed by atoms with van der Waals surface area (Å²) in [5.41, 5.74) is 1.01. The minimum atomic E-state index is 0.627. The van der Waals surface area contributed by atoms with Crippen molar-refractivity contribution in [1.82, 2.24) is 29.4 Å². The predicted octanol–water partition coefficient (Wildman–Crippen LogP) is 2.20. The maximum Gasteiger partial charge on any atom is 0.254 e. The monoisotopic (exact) mass is 371 g/mol. The Morgan fingerprint density at radius 3 is 2.41 bits per heavy atom. The van der Waals surface area contributed by atoms with E-state index < -0.39 is 0 Å². The Balaban J connectivity index is 1.51. The van der Waals surface area contributed by atoms with Crippen LogP contribution in [0.1, 0.15) is 45.1 Å². The Kier molecular flexibility index (Phi) is 5.32. The largest absolute Gasteiger partial charge is 0.356 e. The van der Waals surface area contributed by atoms with Gasteiger partial charge in [0, 0.05) is 57.1 Å². The number of aryl methyl sites for hydroxylation is 1. The first kappa shape index (κ1) is 18.6. The van der Waals surface area contributed by atoms with Crippen molar-refractivity contribution in [2.24, 2.45) is 5.92 Å². The zero-order valence-electron chi connectivity index (χ0n) is 17.2. The second-order valence-corrected chi connectivity index (χ2v) is 8.57. The molecule has 0 bridgehead atoms. The highest BCUT2D eigenvalue weighted by molar-refractivity contribution is 5.48. The van der Waals surface area contributed by atoms with Gasteiger partial charge < -0.3 is 4.90 Å². The fraction of sp³-hybridized carbons (Fsp3) is 0.750. The lowest BCUT2D eigenvalue weighted by atomic mass is 9.99. The third-order valence-electron chi connectivity index (χ3n) is 6.08. The lowest BCUT2D eigenvalue weighted by Crippen LogP contribution is -2.48. The highest BCUT2D eigenvalue weighted by Crippen LogP contribution is 2.24. The summed E-state index contributed by atoms with van der Waals surface area (Å²) in [6, 6.07) is 2.78. The Bertz CT molecular complexity index is 768. The average Bonchev–Trinajstić information content (AvgIpc) is 3.04. The number of piperazine rings is 1. The van der Waals surface area contributed by atoms with Crippen LogP contribution in [-0.2, 0) is 6.54 Å². The summed E-state index contributed by atoms with van der Waals surface area (Å²) in [5, 5.41) is 4.84. The average molecular weight is 372 g/mol. The first-order valence-electron chi connectivity index (χ1n) is 10.4. The molecule has 0 unspecified atom stereocenters. The van der Waals surface area contributed by atoms with Crippen molar-refractivity contribution in [3.8, 4) is 0 Å². The van der Waals surface area contributed by atoms with E-state index in [-0.39, 0.29) is 0 Å². The Morgan fingerprint density at radius 1 is 1.04 bits per heavy atom. The Morgan fingerprint density at radius 2 is 1.74 bits per heavy atom. The van der Waals surface area contributed by atoms with Gasteiger partial charge in [0.25, 0.3) is 5.78 Å². The Labute approximate surface area is 162 Å². The van der Waals surface area contributed by atoms with Crippen molar-refractivity contribution in [1.29, 1.82) is 0 Å². The second kappa shape index (κ2) is 7.72. The van der Waals surface area contributed by atoms with E-state index in [4.69, 9.17) is 10.1 Å².